The molecule has 0 bridgehead atoms. The maximum Gasteiger partial charge on any atom is 0.307 e. The Bertz CT molecular complexity index is 585. The third-order valence-corrected chi connectivity index (χ3v) is 4.03. The maximum absolute atomic E-state index is 12.0. The van der Waals surface area contributed by atoms with Crippen LogP contribution in [0.5, 0.6) is 5.75 Å². The monoisotopic (exact) mass is 352 g/mol. The summed E-state index contributed by atoms with van der Waals surface area (Å²) in [5.41, 5.74) is 0.542. The van der Waals surface area contributed by atoms with Gasteiger partial charge >= 0.3 is 5.97 Å². The van der Waals surface area contributed by atoms with E-state index in [1.807, 2.05) is 13.0 Å². The van der Waals surface area contributed by atoms with Gasteiger partial charge in [-0.25, -0.2) is 0 Å². The number of nitriles is 1. The zero-order valence-electron chi connectivity index (χ0n) is 13.9. The van der Waals surface area contributed by atoms with E-state index < -0.39 is 14.5 Å². The summed E-state index contributed by atoms with van der Waals surface area (Å²) in [4.78, 5) is 23.1. The Balaban J connectivity index is 2.46. The van der Waals surface area contributed by atoms with Crippen LogP contribution in [0.3, 0.4) is 0 Å². The van der Waals surface area contributed by atoms with Gasteiger partial charge in [-0.3, -0.25) is 9.59 Å². The second-order valence-electron chi connectivity index (χ2n) is 4.79. The van der Waals surface area contributed by atoms with Gasteiger partial charge in [-0.15, -0.1) is 0 Å². The number of benzene rings is 1. The molecule has 0 aliphatic heterocycles. The number of esters is 1. The number of nitrogens with one attached hydrogen (secondary N) is 1. The van der Waals surface area contributed by atoms with Crippen molar-refractivity contribution in [3.8, 4) is 11.8 Å². The van der Waals surface area contributed by atoms with Crippen LogP contribution < -0.4 is 9.84 Å². The molecule has 0 fully saturated rings. The number of carbonyl (C=O) groups excluding carboxylic acids is 2. The minimum Gasteiger partial charge on any atom is -0.469 e. The first-order valence-corrected chi connectivity index (χ1v) is 9.05. The molecule has 1 rings (SSSR count). The topological polar surface area (TPSA) is 97.6 Å². The lowest BCUT2D eigenvalue weighted by molar-refractivity contribution is -0.140. The molecule has 1 N–H and O–H groups in total. The van der Waals surface area contributed by atoms with Gasteiger partial charge in [0, 0.05) is 13.2 Å². The molecule has 0 aliphatic rings. The van der Waals surface area contributed by atoms with Crippen molar-refractivity contribution in [1.29, 1.82) is 5.26 Å². The summed E-state index contributed by atoms with van der Waals surface area (Å²) in [5.74, 6) is -0.103. The molecule has 0 aromatic heterocycles. The first kappa shape index (κ1) is 19.9. The molecule has 2 unspecified atom stereocenters. The highest BCUT2D eigenvalue weighted by atomic mass is 31.2. The van der Waals surface area contributed by atoms with Gasteiger partial charge in [0.2, 0.25) is 14.3 Å². The van der Waals surface area contributed by atoms with Crippen LogP contribution in [-0.4, -0.2) is 38.3 Å². The fourth-order valence-corrected chi connectivity index (χ4v) is 2.82. The largest absolute Gasteiger partial charge is 0.469 e. The molecule has 0 radical (unpaired) electrons. The first-order valence-electron chi connectivity index (χ1n) is 7.43. The fraction of sp³-hybridized carbons (Fsp3) is 0.438. The Morgan fingerprint density at radius 1 is 1.33 bits per heavy atom. The van der Waals surface area contributed by atoms with Crippen LogP contribution in [0.15, 0.2) is 24.3 Å². The van der Waals surface area contributed by atoms with Crippen molar-refractivity contribution in [3.63, 3.8) is 0 Å². The summed E-state index contributed by atoms with van der Waals surface area (Å²) >= 11 is 0. The van der Waals surface area contributed by atoms with Gasteiger partial charge in [-0.05, 0) is 30.7 Å². The van der Waals surface area contributed by atoms with Crippen molar-refractivity contribution in [2.75, 3.05) is 20.3 Å². The van der Waals surface area contributed by atoms with Crippen molar-refractivity contribution in [1.82, 2.24) is 5.32 Å². The molecule has 2 atom stereocenters. The fourth-order valence-electron chi connectivity index (χ4n) is 1.75. The number of rotatable bonds is 9. The minimum absolute atomic E-state index is 0.112. The lowest BCUT2D eigenvalue weighted by Gasteiger charge is -2.20. The van der Waals surface area contributed by atoms with Crippen molar-refractivity contribution < 1.29 is 23.4 Å². The number of nitrogens with zero attached hydrogens (tertiary/aromatic N) is 1. The van der Waals surface area contributed by atoms with E-state index in [1.165, 1.54) is 7.11 Å². The number of carbonyl (C=O) groups is 2. The van der Waals surface area contributed by atoms with Gasteiger partial charge in [0.15, 0.2) is 0 Å². The van der Waals surface area contributed by atoms with E-state index in [4.69, 9.17) is 14.3 Å². The average Bonchev–Trinajstić information content (AvgIpc) is 2.59. The van der Waals surface area contributed by atoms with Crippen LogP contribution in [0.1, 0.15) is 25.3 Å². The van der Waals surface area contributed by atoms with Gasteiger partial charge in [-0.2, -0.15) is 5.26 Å². The molecule has 24 heavy (non-hydrogen) atoms. The Labute approximate surface area is 142 Å². The molecular weight excluding hydrogens is 331 g/mol. The molecule has 0 aliphatic carbocycles. The van der Waals surface area contributed by atoms with Crippen molar-refractivity contribution in [2.24, 2.45) is 0 Å². The van der Waals surface area contributed by atoms with E-state index in [9.17, 15) is 9.59 Å². The van der Waals surface area contributed by atoms with Gasteiger partial charge < -0.3 is 19.1 Å². The molecule has 0 saturated carbocycles. The zero-order chi connectivity index (χ0) is 17.9. The van der Waals surface area contributed by atoms with Gasteiger partial charge in [0.05, 0.1) is 25.2 Å². The highest BCUT2D eigenvalue weighted by Gasteiger charge is 2.21. The second kappa shape index (κ2) is 10.6. The first-order chi connectivity index (χ1) is 11.5. The average molecular weight is 352 g/mol. The quantitative estimate of drug-likeness (QED) is 0.541. The number of hydrogen-bond donors (Lipinski definition) is 1. The molecule has 130 valence electrons. The molecule has 0 saturated heterocycles. The Morgan fingerprint density at radius 3 is 2.54 bits per heavy atom. The molecule has 1 amide bonds. The van der Waals surface area contributed by atoms with Gasteiger partial charge in [0.1, 0.15) is 11.9 Å². The lowest BCUT2D eigenvalue weighted by Crippen LogP contribution is -2.36. The van der Waals surface area contributed by atoms with Crippen LogP contribution in [0.2, 0.25) is 0 Å². The minimum atomic E-state index is -1.31. The molecular formula is C16H21N2O5P. The number of methoxy groups -OCH3 is 1. The Morgan fingerprint density at radius 2 is 2.00 bits per heavy atom. The van der Waals surface area contributed by atoms with E-state index in [-0.39, 0.29) is 24.8 Å². The summed E-state index contributed by atoms with van der Waals surface area (Å²) in [5, 5.41) is 11.4. The standard InChI is InChI=1S/C16H21N2O5P/c1-4-14(16(20)18-10-9-15(19)21-2)23-24(3)22-13-7-5-12(11-17)6-8-13/h5-8,14H,4,9-10H2,1-3H3,(H,18,20). The van der Waals surface area contributed by atoms with Crippen molar-refractivity contribution in [2.45, 2.75) is 25.9 Å². The summed E-state index contributed by atoms with van der Waals surface area (Å²) in [7, 11) is -0.0158. The van der Waals surface area contributed by atoms with Crippen LogP contribution in [0.4, 0.5) is 0 Å². The highest BCUT2D eigenvalue weighted by molar-refractivity contribution is 7.46. The number of hydrogen-bond acceptors (Lipinski definition) is 6. The molecule has 1 aromatic carbocycles. The van der Waals surface area contributed by atoms with E-state index in [0.717, 1.165) is 0 Å². The van der Waals surface area contributed by atoms with E-state index in [2.05, 4.69) is 10.1 Å². The number of amides is 1. The van der Waals surface area contributed by atoms with Crippen molar-refractivity contribution in [3.05, 3.63) is 29.8 Å². The maximum atomic E-state index is 12.0. The Hall–Kier alpha value is -2.16. The highest BCUT2D eigenvalue weighted by Crippen LogP contribution is 2.37. The summed E-state index contributed by atoms with van der Waals surface area (Å²) in [6.07, 6.45) is -0.0634. The van der Waals surface area contributed by atoms with Crippen LogP contribution >= 0.6 is 8.38 Å². The smallest absolute Gasteiger partial charge is 0.307 e. The van der Waals surface area contributed by atoms with Crippen LogP contribution in [0, 0.1) is 11.3 Å². The lowest BCUT2D eigenvalue weighted by atomic mass is 10.2. The molecule has 7 nitrogen and oxygen atoms in total. The van der Waals surface area contributed by atoms with Crippen molar-refractivity contribution >= 4 is 20.3 Å². The normalized spacial score (nSPS) is 12.6. The molecule has 0 spiro atoms. The third kappa shape index (κ3) is 6.95. The summed E-state index contributed by atoms with van der Waals surface area (Å²) in [6.45, 7) is 3.77. The van der Waals surface area contributed by atoms with E-state index in [0.29, 0.717) is 17.7 Å². The third-order valence-electron chi connectivity index (χ3n) is 3.01. The van der Waals surface area contributed by atoms with Gasteiger partial charge in [-0.1, -0.05) is 6.92 Å². The van der Waals surface area contributed by atoms with Crippen LogP contribution in [-0.2, 0) is 18.8 Å². The summed E-state index contributed by atoms with van der Waals surface area (Å²) in [6, 6.07) is 8.68. The predicted molar refractivity (Wildman–Crippen MR) is 89.4 cm³/mol. The van der Waals surface area contributed by atoms with Crippen LogP contribution in [0.25, 0.3) is 0 Å². The molecule has 0 heterocycles. The molecule has 8 heteroatoms. The Kier molecular flexibility index (Phi) is 8.77. The summed E-state index contributed by atoms with van der Waals surface area (Å²) < 4.78 is 15.8. The number of ether oxygens (including phenoxy) is 1. The second-order valence-corrected chi connectivity index (χ2v) is 6.06. The molecule has 1 aromatic rings. The van der Waals surface area contributed by atoms with E-state index in [1.54, 1.807) is 30.9 Å². The van der Waals surface area contributed by atoms with E-state index >= 15 is 0 Å². The SMILES string of the molecule is CCC(OP(C)Oc1ccc(C#N)cc1)C(=O)NCCC(=O)OC. The van der Waals surface area contributed by atoms with Gasteiger partial charge in [0.25, 0.3) is 0 Å². The zero-order valence-corrected chi connectivity index (χ0v) is 14.8. The predicted octanol–water partition coefficient (Wildman–Crippen LogP) is 2.35.